The number of nitrogens with two attached hydrogens (primary N) is 1. The number of nitrogens with zero attached hydrogens (tertiary/aromatic N) is 5. The number of ether oxygens (including phenoxy) is 1. The van der Waals surface area contributed by atoms with Gasteiger partial charge in [-0.2, -0.15) is 5.10 Å². The van der Waals surface area contributed by atoms with Crippen molar-refractivity contribution in [2.75, 3.05) is 18.8 Å². The van der Waals surface area contributed by atoms with Crippen LogP contribution in [0, 0.1) is 0 Å². The summed E-state index contributed by atoms with van der Waals surface area (Å²) >= 11 is 6.53. The molecule has 1 aliphatic heterocycles. The average molecular weight is 436 g/mol. The Morgan fingerprint density at radius 2 is 2.13 bits per heavy atom. The molecular formula is C22H22ClN7O. The van der Waals surface area contributed by atoms with Crippen LogP contribution in [-0.4, -0.2) is 37.8 Å². The van der Waals surface area contributed by atoms with E-state index in [2.05, 4.69) is 20.3 Å². The zero-order valence-corrected chi connectivity index (χ0v) is 17.6. The molecule has 1 fully saturated rings. The molecule has 1 atom stereocenters. The third-order valence-electron chi connectivity index (χ3n) is 5.46. The van der Waals surface area contributed by atoms with E-state index < -0.39 is 0 Å². The first kappa shape index (κ1) is 19.7. The molecule has 1 aliphatic rings. The minimum absolute atomic E-state index is 0.281. The van der Waals surface area contributed by atoms with E-state index in [1.165, 1.54) is 6.33 Å². The highest BCUT2D eigenvalue weighted by atomic mass is 35.5. The van der Waals surface area contributed by atoms with E-state index in [0.29, 0.717) is 28.7 Å². The van der Waals surface area contributed by atoms with E-state index in [9.17, 15) is 0 Å². The number of anilines is 1. The molecule has 5 rings (SSSR count). The maximum absolute atomic E-state index is 6.53. The third kappa shape index (κ3) is 3.92. The molecule has 3 aromatic heterocycles. The van der Waals surface area contributed by atoms with Crippen LogP contribution in [0.2, 0.25) is 5.02 Å². The molecule has 0 radical (unpaired) electrons. The molecule has 158 valence electrons. The highest BCUT2D eigenvalue weighted by Crippen LogP contribution is 2.33. The predicted molar refractivity (Wildman–Crippen MR) is 119 cm³/mol. The van der Waals surface area contributed by atoms with Gasteiger partial charge in [-0.3, -0.25) is 4.98 Å². The van der Waals surface area contributed by atoms with E-state index in [1.807, 2.05) is 36.4 Å². The van der Waals surface area contributed by atoms with Crippen LogP contribution in [0.4, 0.5) is 5.82 Å². The van der Waals surface area contributed by atoms with E-state index >= 15 is 0 Å². The van der Waals surface area contributed by atoms with E-state index in [-0.39, 0.29) is 5.92 Å². The fraction of sp³-hybridized carbons (Fsp3) is 0.273. The zero-order chi connectivity index (χ0) is 21.2. The van der Waals surface area contributed by atoms with Crippen LogP contribution in [0.5, 0.6) is 5.75 Å². The van der Waals surface area contributed by atoms with E-state index in [4.69, 9.17) is 27.2 Å². The average Bonchev–Trinajstić information content (AvgIpc) is 3.21. The lowest BCUT2D eigenvalue weighted by Crippen LogP contribution is -2.28. The Morgan fingerprint density at radius 3 is 2.90 bits per heavy atom. The lowest BCUT2D eigenvalue weighted by atomic mass is 9.95. The van der Waals surface area contributed by atoms with Crippen molar-refractivity contribution in [3.05, 3.63) is 65.3 Å². The van der Waals surface area contributed by atoms with Crippen LogP contribution in [0.3, 0.4) is 0 Å². The summed E-state index contributed by atoms with van der Waals surface area (Å²) in [6.07, 6.45) is 5.39. The van der Waals surface area contributed by atoms with Gasteiger partial charge in [-0.15, -0.1) is 0 Å². The quantitative estimate of drug-likeness (QED) is 0.494. The molecule has 8 nitrogen and oxygen atoms in total. The van der Waals surface area contributed by atoms with Crippen LogP contribution in [0.15, 0.2) is 48.9 Å². The van der Waals surface area contributed by atoms with Crippen molar-refractivity contribution in [3.8, 4) is 11.4 Å². The number of nitrogens with one attached hydrogen (secondary N) is 1. The number of rotatable bonds is 5. The van der Waals surface area contributed by atoms with Gasteiger partial charge in [0, 0.05) is 18.7 Å². The summed E-state index contributed by atoms with van der Waals surface area (Å²) in [5.41, 5.74) is 10.2. The number of nitrogen functional groups attached to an aromatic ring is 1. The summed E-state index contributed by atoms with van der Waals surface area (Å²) in [7, 11) is 0. The molecule has 9 heteroatoms. The number of pyridine rings is 1. The fourth-order valence-corrected chi connectivity index (χ4v) is 4.14. The molecular weight excluding hydrogens is 414 g/mol. The molecule has 0 aliphatic carbocycles. The fourth-order valence-electron chi connectivity index (χ4n) is 3.91. The van der Waals surface area contributed by atoms with Crippen molar-refractivity contribution in [2.24, 2.45) is 0 Å². The van der Waals surface area contributed by atoms with Gasteiger partial charge in [0.2, 0.25) is 0 Å². The summed E-state index contributed by atoms with van der Waals surface area (Å²) < 4.78 is 7.62. The van der Waals surface area contributed by atoms with E-state index in [1.54, 1.807) is 10.9 Å². The number of hydrogen-bond donors (Lipinski definition) is 2. The van der Waals surface area contributed by atoms with Gasteiger partial charge < -0.3 is 15.8 Å². The van der Waals surface area contributed by atoms with Gasteiger partial charge in [-0.1, -0.05) is 17.7 Å². The summed E-state index contributed by atoms with van der Waals surface area (Å²) in [5, 5.41) is 8.81. The van der Waals surface area contributed by atoms with Crippen LogP contribution in [0.25, 0.3) is 16.7 Å². The molecule has 4 aromatic rings. The molecule has 0 amide bonds. The van der Waals surface area contributed by atoms with Crippen LogP contribution < -0.4 is 15.8 Å². The molecule has 1 saturated heterocycles. The van der Waals surface area contributed by atoms with Gasteiger partial charge >= 0.3 is 0 Å². The molecule has 1 aromatic carbocycles. The largest absolute Gasteiger partial charge is 0.486 e. The first-order valence-electron chi connectivity index (χ1n) is 10.2. The standard InChI is InChI=1S/C22H22ClN7O/c23-17-10-16(6-7-18(17)31-12-15-5-1-2-9-26-15)30-21-20(27-13-28-22(21)24)19(29-30)14-4-3-8-25-11-14/h1-2,5-7,9-10,13-14,25H,3-4,8,11-12H2,(H2,24,27,28). The number of benzene rings is 1. The Balaban J connectivity index is 1.49. The van der Waals surface area contributed by atoms with Crippen molar-refractivity contribution in [1.29, 1.82) is 0 Å². The second kappa shape index (κ2) is 8.49. The van der Waals surface area contributed by atoms with Gasteiger partial charge in [0.05, 0.1) is 22.1 Å². The van der Waals surface area contributed by atoms with Crippen molar-refractivity contribution in [1.82, 2.24) is 30.0 Å². The lowest BCUT2D eigenvalue weighted by Gasteiger charge is -2.20. The monoisotopic (exact) mass is 435 g/mol. The smallest absolute Gasteiger partial charge is 0.153 e. The van der Waals surface area contributed by atoms with Crippen molar-refractivity contribution in [2.45, 2.75) is 25.4 Å². The summed E-state index contributed by atoms with van der Waals surface area (Å²) in [5.74, 6) is 1.25. The number of piperidine rings is 1. The van der Waals surface area contributed by atoms with Crippen molar-refractivity contribution < 1.29 is 4.74 Å². The van der Waals surface area contributed by atoms with Crippen molar-refractivity contribution in [3.63, 3.8) is 0 Å². The SMILES string of the molecule is Nc1ncnc2c(C3CCCNC3)nn(-c3ccc(OCc4ccccn4)c(Cl)c3)c12. The Hall–Kier alpha value is -3.23. The minimum atomic E-state index is 0.281. The number of aromatic nitrogens is 5. The number of halogens is 1. The molecule has 3 N–H and O–H groups in total. The normalized spacial score (nSPS) is 16.5. The maximum atomic E-state index is 6.53. The maximum Gasteiger partial charge on any atom is 0.153 e. The van der Waals surface area contributed by atoms with Crippen LogP contribution in [0.1, 0.15) is 30.1 Å². The highest BCUT2D eigenvalue weighted by molar-refractivity contribution is 6.32. The summed E-state index contributed by atoms with van der Waals surface area (Å²) in [6, 6.07) is 11.2. The van der Waals surface area contributed by atoms with Gasteiger partial charge in [-0.05, 0) is 49.7 Å². The summed E-state index contributed by atoms with van der Waals surface area (Å²) in [6.45, 7) is 2.24. The second-order valence-electron chi connectivity index (χ2n) is 7.52. The third-order valence-corrected chi connectivity index (χ3v) is 5.75. The second-order valence-corrected chi connectivity index (χ2v) is 7.93. The number of hydrogen-bond acceptors (Lipinski definition) is 7. The Kier molecular flexibility index (Phi) is 5.40. The van der Waals surface area contributed by atoms with Gasteiger partial charge in [0.25, 0.3) is 0 Å². The van der Waals surface area contributed by atoms with Crippen LogP contribution >= 0.6 is 11.6 Å². The molecule has 0 spiro atoms. The first-order chi connectivity index (χ1) is 15.2. The Bertz CT molecular complexity index is 1210. The first-order valence-corrected chi connectivity index (χ1v) is 10.6. The Morgan fingerprint density at radius 1 is 1.19 bits per heavy atom. The number of fused-ring (bicyclic) bond motifs is 1. The molecule has 1 unspecified atom stereocenters. The summed E-state index contributed by atoms with van der Waals surface area (Å²) in [4.78, 5) is 12.9. The van der Waals surface area contributed by atoms with Gasteiger partial charge in [-0.25, -0.2) is 14.6 Å². The topological polar surface area (TPSA) is 104 Å². The Labute approximate surface area is 184 Å². The van der Waals surface area contributed by atoms with Crippen molar-refractivity contribution >= 4 is 28.5 Å². The van der Waals surface area contributed by atoms with E-state index in [0.717, 1.165) is 48.5 Å². The predicted octanol–water partition coefficient (Wildman–Crippen LogP) is 3.49. The zero-order valence-electron chi connectivity index (χ0n) is 16.8. The van der Waals surface area contributed by atoms with Gasteiger partial charge in [0.15, 0.2) is 5.82 Å². The highest BCUT2D eigenvalue weighted by Gasteiger charge is 2.25. The molecule has 0 saturated carbocycles. The lowest BCUT2D eigenvalue weighted by molar-refractivity contribution is 0.301. The van der Waals surface area contributed by atoms with Gasteiger partial charge in [0.1, 0.15) is 29.7 Å². The molecule has 4 heterocycles. The minimum Gasteiger partial charge on any atom is -0.486 e. The molecule has 0 bridgehead atoms. The molecule has 31 heavy (non-hydrogen) atoms. The van der Waals surface area contributed by atoms with Crippen LogP contribution in [-0.2, 0) is 6.61 Å².